The van der Waals surface area contributed by atoms with E-state index in [0.29, 0.717) is 5.13 Å². The number of amides is 1. The summed E-state index contributed by atoms with van der Waals surface area (Å²) >= 11 is 1.31. The highest BCUT2D eigenvalue weighted by molar-refractivity contribution is 7.13. The van der Waals surface area contributed by atoms with Crippen molar-refractivity contribution in [3.05, 3.63) is 35.6 Å². The molecule has 6 nitrogen and oxygen atoms in total. The van der Waals surface area contributed by atoms with Crippen molar-refractivity contribution in [2.75, 3.05) is 5.32 Å². The van der Waals surface area contributed by atoms with Gasteiger partial charge in [0.1, 0.15) is 0 Å². The molecule has 1 aliphatic rings. The molecule has 1 saturated carbocycles. The van der Waals surface area contributed by atoms with Gasteiger partial charge in [0.05, 0.1) is 5.92 Å². The first kappa shape index (κ1) is 15.6. The Kier molecular flexibility index (Phi) is 4.97. The number of nitrogens with zero attached hydrogens (tertiary/aromatic N) is 2. The van der Waals surface area contributed by atoms with Crippen LogP contribution in [0.15, 0.2) is 29.9 Å². The zero-order valence-electron chi connectivity index (χ0n) is 12.5. The van der Waals surface area contributed by atoms with Crippen LogP contribution in [-0.2, 0) is 4.79 Å². The molecule has 0 saturated heterocycles. The average molecular weight is 331 g/mol. The van der Waals surface area contributed by atoms with Crippen molar-refractivity contribution in [3.8, 4) is 5.75 Å². The lowest BCUT2D eigenvalue weighted by Gasteiger charge is -2.20. The van der Waals surface area contributed by atoms with E-state index in [2.05, 4.69) is 15.3 Å². The Labute approximate surface area is 137 Å². The van der Waals surface area contributed by atoms with Crippen LogP contribution in [0.3, 0.4) is 0 Å². The number of carbonyl (C=O) groups is 2. The Morgan fingerprint density at radius 3 is 2.74 bits per heavy atom. The third kappa shape index (κ3) is 3.92. The van der Waals surface area contributed by atoms with Crippen LogP contribution < -0.4 is 10.1 Å². The highest BCUT2D eigenvalue weighted by Crippen LogP contribution is 2.26. The van der Waals surface area contributed by atoms with Crippen LogP contribution in [0.1, 0.15) is 42.6 Å². The lowest BCUT2D eigenvalue weighted by Crippen LogP contribution is -2.24. The van der Waals surface area contributed by atoms with Gasteiger partial charge in [-0.05, 0) is 25.0 Å². The number of pyridine rings is 1. The molecule has 2 heterocycles. The second-order valence-electron chi connectivity index (χ2n) is 5.40. The molecule has 2 aromatic rings. The Hall–Kier alpha value is -2.28. The molecule has 1 N–H and O–H groups in total. The minimum absolute atomic E-state index is 0.0844. The summed E-state index contributed by atoms with van der Waals surface area (Å²) in [7, 11) is 0. The van der Waals surface area contributed by atoms with E-state index in [-0.39, 0.29) is 23.3 Å². The van der Waals surface area contributed by atoms with Gasteiger partial charge in [-0.1, -0.05) is 19.3 Å². The van der Waals surface area contributed by atoms with Gasteiger partial charge >= 0.3 is 5.97 Å². The van der Waals surface area contributed by atoms with Gasteiger partial charge in [-0.15, -0.1) is 11.3 Å². The van der Waals surface area contributed by atoms with E-state index in [9.17, 15) is 9.59 Å². The molecule has 2 aromatic heterocycles. The third-order valence-electron chi connectivity index (χ3n) is 3.79. The van der Waals surface area contributed by atoms with Gasteiger partial charge in [0.15, 0.2) is 16.6 Å². The zero-order chi connectivity index (χ0) is 16.1. The van der Waals surface area contributed by atoms with E-state index in [1.165, 1.54) is 17.5 Å². The number of hydrogen-bond donors (Lipinski definition) is 1. The molecule has 120 valence electrons. The normalized spacial score (nSPS) is 15.1. The lowest BCUT2D eigenvalue weighted by atomic mass is 9.89. The van der Waals surface area contributed by atoms with Crippen molar-refractivity contribution >= 4 is 28.3 Å². The molecule has 0 aromatic carbocycles. The van der Waals surface area contributed by atoms with Crippen LogP contribution in [-0.4, -0.2) is 21.8 Å². The quantitative estimate of drug-likeness (QED) is 0.870. The number of rotatable bonds is 4. The van der Waals surface area contributed by atoms with Gasteiger partial charge in [-0.3, -0.25) is 14.9 Å². The zero-order valence-corrected chi connectivity index (χ0v) is 13.3. The summed E-state index contributed by atoms with van der Waals surface area (Å²) in [6.45, 7) is 0. The summed E-state index contributed by atoms with van der Waals surface area (Å²) in [6.07, 6.45) is 8.05. The van der Waals surface area contributed by atoms with Gasteiger partial charge in [0, 0.05) is 17.8 Å². The van der Waals surface area contributed by atoms with Crippen LogP contribution in [0.2, 0.25) is 0 Å². The topological polar surface area (TPSA) is 81.2 Å². The van der Waals surface area contributed by atoms with E-state index >= 15 is 0 Å². The van der Waals surface area contributed by atoms with E-state index in [4.69, 9.17) is 4.74 Å². The fraction of sp³-hybridized carbons (Fsp3) is 0.375. The van der Waals surface area contributed by atoms with Crippen LogP contribution in [0.4, 0.5) is 5.13 Å². The molecule has 1 aliphatic carbocycles. The molecule has 3 rings (SSSR count). The van der Waals surface area contributed by atoms with Crippen LogP contribution in [0.25, 0.3) is 0 Å². The van der Waals surface area contributed by atoms with Crippen molar-refractivity contribution in [1.29, 1.82) is 0 Å². The summed E-state index contributed by atoms with van der Waals surface area (Å²) in [5.41, 5.74) is 0.0897. The molecule has 0 aliphatic heterocycles. The second-order valence-corrected chi connectivity index (χ2v) is 6.29. The molecule has 1 amide bonds. The molecule has 0 bridgehead atoms. The summed E-state index contributed by atoms with van der Waals surface area (Å²) in [5, 5.41) is 4.89. The number of nitrogens with one attached hydrogen (secondary N) is 1. The highest BCUT2D eigenvalue weighted by atomic mass is 32.1. The summed E-state index contributed by atoms with van der Waals surface area (Å²) in [6, 6.07) is 3.23. The molecular weight excluding hydrogens is 314 g/mol. The number of aromatic nitrogens is 2. The molecule has 23 heavy (non-hydrogen) atoms. The standard InChI is InChI=1S/C16H17N3O3S/c20-14(19-16-18-9-10-23-16)13-12(7-4-8-17-13)22-15(21)11-5-2-1-3-6-11/h4,7-11H,1-3,5-6H2,(H,18,19,20). The summed E-state index contributed by atoms with van der Waals surface area (Å²) in [4.78, 5) is 32.6. The number of thiazole rings is 1. The maximum Gasteiger partial charge on any atom is 0.314 e. The Balaban J connectivity index is 1.72. The Morgan fingerprint density at radius 1 is 1.17 bits per heavy atom. The van der Waals surface area contributed by atoms with E-state index < -0.39 is 5.91 Å². The monoisotopic (exact) mass is 331 g/mol. The van der Waals surface area contributed by atoms with Crippen molar-refractivity contribution in [2.24, 2.45) is 5.92 Å². The summed E-state index contributed by atoms with van der Waals surface area (Å²) in [5.74, 6) is -0.607. The molecule has 0 spiro atoms. The molecule has 0 atom stereocenters. The van der Waals surface area contributed by atoms with Crippen molar-refractivity contribution in [3.63, 3.8) is 0 Å². The maximum atomic E-state index is 12.3. The van der Waals surface area contributed by atoms with Crippen LogP contribution in [0.5, 0.6) is 5.75 Å². The maximum absolute atomic E-state index is 12.3. The number of ether oxygens (including phenoxy) is 1. The first-order chi connectivity index (χ1) is 11.2. The van der Waals surface area contributed by atoms with Gasteiger partial charge < -0.3 is 4.74 Å². The van der Waals surface area contributed by atoms with Crippen molar-refractivity contribution < 1.29 is 14.3 Å². The van der Waals surface area contributed by atoms with Crippen molar-refractivity contribution in [1.82, 2.24) is 9.97 Å². The highest BCUT2D eigenvalue weighted by Gasteiger charge is 2.25. The smallest absolute Gasteiger partial charge is 0.314 e. The van der Waals surface area contributed by atoms with Crippen LogP contribution in [0, 0.1) is 5.92 Å². The SMILES string of the molecule is O=C(Nc1nccs1)c1ncccc1OC(=O)C1CCCCC1. The van der Waals surface area contributed by atoms with Crippen molar-refractivity contribution in [2.45, 2.75) is 32.1 Å². The predicted molar refractivity (Wildman–Crippen MR) is 86.5 cm³/mol. The fourth-order valence-corrected chi connectivity index (χ4v) is 3.14. The Bertz CT molecular complexity index is 682. The summed E-state index contributed by atoms with van der Waals surface area (Å²) < 4.78 is 5.45. The van der Waals surface area contributed by atoms with Crippen LogP contribution >= 0.6 is 11.3 Å². The third-order valence-corrected chi connectivity index (χ3v) is 4.48. The van der Waals surface area contributed by atoms with Gasteiger partial charge in [0.25, 0.3) is 5.91 Å². The molecule has 1 fully saturated rings. The van der Waals surface area contributed by atoms with Gasteiger partial charge in [0.2, 0.25) is 0 Å². The predicted octanol–water partition coefficient (Wildman–Crippen LogP) is 3.28. The minimum atomic E-state index is -0.438. The Morgan fingerprint density at radius 2 is 2.00 bits per heavy atom. The van der Waals surface area contributed by atoms with E-state index in [1.807, 2.05) is 0 Å². The lowest BCUT2D eigenvalue weighted by molar-refractivity contribution is -0.140. The molecular formula is C16H17N3O3S. The van der Waals surface area contributed by atoms with Gasteiger partial charge in [-0.2, -0.15) is 0 Å². The van der Waals surface area contributed by atoms with Gasteiger partial charge in [-0.25, -0.2) is 9.97 Å². The van der Waals surface area contributed by atoms with E-state index in [1.54, 1.807) is 23.7 Å². The first-order valence-corrected chi connectivity index (χ1v) is 8.49. The molecule has 7 heteroatoms. The second kappa shape index (κ2) is 7.32. The fourth-order valence-electron chi connectivity index (χ4n) is 2.61. The first-order valence-electron chi connectivity index (χ1n) is 7.61. The average Bonchev–Trinajstić information content (AvgIpc) is 3.09. The largest absolute Gasteiger partial charge is 0.424 e. The molecule has 0 radical (unpaired) electrons. The number of anilines is 1. The molecule has 0 unspecified atom stereocenters. The van der Waals surface area contributed by atoms with E-state index in [0.717, 1.165) is 32.1 Å². The number of hydrogen-bond acceptors (Lipinski definition) is 6. The number of carbonyl (C=O) groups excluding carboxylic acids is 2. The minimum Gasteiger partial charge on any atom is -0.424 e. The number of esters is 1.